The number of ether oxygens (including phenoxy) is 1. The van der Waals surface area contributed by atoms with E-state index in [1.54, 1.807) is 0 Å². The largest absolute Gasteiger partial charge is 0.399 e. The fourth-order valence-electron chi connectivity index (χ4n) is 2.11. The summed E-state index contributed by atoms with van der Waals surface area (Å²) >= 11 is 0. The van der Waals surface area contributed by atoms with Crippen molar-refractivity contribution in [2.75, 3.05) is 6.61 Å². The average molecular weight is 620 g/mol. The molecule has 33 heavy (non-hydrogen) atoms. The minimum Gasteiger partial charge on any atom is -0.340 e. The molecule has 0 aromatic heterocycles. The molecule has 21 nitrogen and oxygen atoms in total. The molecular weight excluding hydrogens is 607 g/mol. The Labute approximate surface area is 228 Å². The summed E-state index contributed by atoms with van der Waals surface area (Å²) in [6.07, 6.45) is -14.2. The predicted octanol–water partition coefficient (Wildman–Crippen LogP) is -4.47. The van der Waals surface area contributed by atoms with Gasteiger partial charge in [0.15, 0.2) is 6.10 Å². The molecule has 1 fully saturated rings. The summed E-state index contributed by atoms with van der Waals surface area (Å²) in [5, 5.41) is 0. The van der Waals surface area contributed by atoms with E-state index < -0.39 is 89.3 Å². The Morgan fingerprint density at radius 1 is 0.545 bits per heavy atom. The number of rotatable bonds is 11. The molecule has 0 amide bonds. The zero-order valence-electron chi connectivity index (χ0n) is 15.4. The third-order valence-electron chi connectivity index (χ3n) is 2.89. The van der Waals surface area contributed by atoms with Crippen LogP contribution in [0.2, 0.25) is 0 Å². The van der Waals surface area contributed by atoms with Crippen LogP contribution >= 0.6 is 0 Å². The van der Waals surface area contributed by atoms with Gasteiger partial charge in [0, 0.05) is 51.4 Å². The van der Waals surface area contributed by atoms with Crippen LogP contribution in [-0.2, 0) is 77.6 Å². The normalized spacial score (nSPS) is 27.6. The summed E-state index contributed by atoms with van der Waals surface area (Å²) in [6.45, 7) is -1.62. The van der Waals surface area contributed by atoms with E-state index in [1.807, 2.05) is 0 Å². The Morgan fingerprint density at radius 2 is 0.909 bits per heavy atom. The molecule has 0 aromatic carbocycles. The van der Waals surface area contributed by atoms with Gasteiger partial charge in [-0.05, 0) is 0 Å². The summed E-state index contributed by atoms with van der Waals surface area (Å²) in [5.41, 5.74) is 0. The van der Waals surface area contributed by atoms with Crippen molar-refractivity contribution < 1.29 is 90.5 Å². The molecule has 1 rings (SSSR count). The van der Waals surface area contributed by atoms with Gasteiger partial charge in [0.1, 0.15) is 18.3 Å². The zero-order valence-corrected chi connectivity index (χ0v) is 22.6. The van der Waals surface area contributed by atoms with Gasteiger partial charge in [-0.1, -0.05) is 0 Å². The van der Waals surface area contributed by atoms with Crippen LogP contribution < -0.4 is 0 Å². The van der Waals surface area contributed by atoms with Crippen molar-refractivity contribution in [2.45, 2.75) is 30.7 Å². The summed E-state index contributed by atoms with van der Waals surface area (Å²) in [7, 11) is -28.3. The fourth-order valence-corrected chi connectivity index (χ4v) is 4.31. The second kappa shape index (κ2) is 12.0. The third kappa shape index (κ3) is 14.3. The van der Waals surface area contributed by atoms with Crippen molar-refractivity contribution in [3.05, 3.63) is 0 Å². The van der Waals surface area contributed by atoms with E-state index in [0.29, 0.717) is 0 Å². The van der Waals surface area contributed by atoms with E-state index >= 15 is 0 Å². The Morgan fingerprint density at radius 3 is 1.27 bits per heavy atom. The minimum absolute atomic E-state index is 0. The topological polar surface area (TPSA) is 327 Å². The van der Waals surface area contributed by atoms with Gasteiger partial charge >= 0.3 is 52.0 Å². The van der Waals surface area contributed by atoms with Gasteiger partial charge < -0.3 is 4.74 Å². The van der Waals surface area contributed by atoms with E-state index in [0.717, 1.165) is 0 Å². The number of hydrogen-bond acceptors (Lipinski definition) is 16. The first-order valence-electron chi connectivity index (χ1n) is 6.86. The average Bonchev–Trinajstić information content (AvgIpc) is 2.45. The van der Waals surface area contributed by atoms with Crippen LogP contribution in [0.25, 0.3) is 0 Å². The van der Waals surface area contributed by atoms with Gasteiger partial charge in [-0.3, -0.25) is 22.8 Å². The molecule has 5 N–H and O–H groups in total. The molecule has 0 spiro atoms. The van der Waals surface area contributed by atoms with E-state index in [1.165, 1.54) is 0 Å². The standard InChI is InChI=1S/C6H12O21S5.K/c7-28(8,9)22-1-2-3(24-29(10,11)12)4(25-30(13,14)15)5(26-31(16,17)18)6(23-2)27-32(19,20)21;/h2-6H,1H2,(H,7,8,9)(H,10,11,12)(H,13,14,15)(H,16,17,18)(H,19,20,21);/t2-,3-,4+,5-,6?;/m1./s1. The summed E-state index contributed by atoms with van der Waals surface area (Å²) in [5.74, 6) is 0. The SMILES string of the molecule is O=S(=O)(O)OC[C@H]1OC(OS(=O)(=O)O)[C@H](OS(=O)(=O)O)[C@@H](OS(=O)(=O)O)[C@@H]1OS(=O)(=O)O.[K]. The van der Waals surface area contributed by atoms with Crippen molar-refractivity contribution in [1.29, 1.82) is 0 Å². The second-order valence-electron chi connectivity index (χ2n) is 5.24. The van der Waals surface area contributed by atoms with Crippen LogP contribution in [0.3, 0.4) is 0 Å². The van der Waals surface area contributed by atoms with Crippen molar-refractivity contribution in [3.63, 3.8) is 0 Å². The quantitative estimate of drug-likeness (QED) is 0.107. The van der Waals surface area contributed by atoms with E-state index in [-0.39, 0.29) is 51.4 Å². The molecule has 1 aliphatic rings. The van der Waals surface area contributed by atoms with E-state index in [4.69, 9.17) is 22.8 Å². The van der Waals surface area contributed by atoms with Gasteiger partial charge in [0.2, 0.25) is 6.29 Å². The molecule has 1 unspecified atom stereocenters. The first-order valence-corrected chi connectivity index (χ1v) is 13.7. The second-order valence-corrected chi connectivity index (χ2v) is 10.5. The fraction of sp³-hybridized carbons (Fsp3) is 1.00. The maximum absolute atomic E-state index is 11.1. The Kier molecular flexibility index (Phi) is 12.3. The van der Waals surface area contributed by atoms with E-state index in [9.17, 15) is 42.1 Å². The zero-order chi connectivity index (χ0) is 25.3. The minimum atomic E-state index is -5.78. The third-order valence-corrected chi connectivity index (χ3v) is 5.15. The van der Waals surface area contributed by atoms with Crippen LogP contribution in [0, 0.1) is 0 Å². The van der Waals surface area contributed by atoms with Crippen LogP contribution in [0.4, 0.5) is 0 Å². The van der Waals surface area contributed by atoms with Gasteiger partial charge in [-0.25, -0.2) is 20.9 Å². The molecule has 1 aliphatic heterocycles. The van der Waals surface area contributed by atoms with Gasteiger partial charge in [0.25, 0.3) is 0 Å². The van der Waals surface area contributed by atoms with Crippen molar-refractivity contribution in [2.24, 2.45) is 0 Å². The molecule has 0 aromatic rings. The molecule has 0 aliphatic carbocycles. The first kappa shape index (κ1) is 33.9. The molecular formula is C6H12KO21S5. The van der Waals surface area contributed by atoms with Crippen LogP contribution in [0.5, 0.6) is 0 Å². The molecule has 1 saturated heterocycles. The monoisotopic (exact) mass is 619 g/mol. The van der Waals surface area contributed by atoms with Crippen LogP contribution in [0.15, 0.2) is 0 Å². The van der Waals surface area contributed by atoms with Gasteiger partial charge in [0.05, 0.1) is 6.61 Å². The summed E-state index contributed by atoms with van der Waals surface area (Å²) < 4.78 is 178. The maximum atomic E-state index is 11.1. The molecule has 1 heterocycles. The Bertz CT molecular complexity index is 1200. The van der Waals surface area contributed by atoms with Crippen molar-refractivity contribution in [3.8, 4) is 0 Å². The Balaban J connectivity index is 0.0000102. The predicted molar refractivity (Wildman–Crippen MR) is 93.8 cm³/mol. The molecule has 27 heteroatoms. The van der Waals surface area contributed by atoms with Crippen molar-refractivity contribution in [1.82, 2.24) is 0 Å². The molecule has 0 bridgehead atoms. The van der Waals surface area contributed by atoms with E-state index in [2.05, 4.69) is 25.7 Å². The maximum Gasteiger partial charge on any atom is 0.399 e. The molecule has 0 saturated carbocycles. The van der Waals surface area contributed by atoms with Gasteiger partial charge in [-0.15, -0.1) is 0 Å². The summed E-state index contributed by atoms with van der Waals surface area (Å²) in [6, 6.07) is 0. The molecule has 1 radical (unpaired) electrons. The van der Waals surface area contributed by atoms with Crippen LogP contribution in [0.1, 0.15) is 0 Å². The van der Waals surface area contributed by atoms with Crippen LogP contribution in [-0.4, -0.2) is 154 Å². The Hall–Kier alpha value is 0.946. The number of hydrogen-bond donors (Lipinski definition) is 5. The molecule has 193 valence electrons. The molecule has 5 atom stereocenters. The van der Waals surface area contributed by atoms with Crippen molar-refractivity contribution >= 4 is 103 Å². The van der Waals surface area contributed by atoms with Gasteiger partial charge in [-0.2, -0.15) is 42.1 Å². The summed E-state index contributed by atoms with van der Waals surface area (Å²) in [4.78, 5) is 0. The first-order chi connectivity index (χ1) is 14.0. The smallest absolute Gasteiger partial charge is 0.340 e.